The lowest BCUT2D eigenvalue weighted by molar-refractivity contribution is -0.132. The second-order valence-corrected chi connectivity index (χ2v) is 9.40. The molecule has 2 rings (SSSR count). The second-order valence-electron chi connectivity index (χ2n) is 7.53. The van der Waals surface area contributed by atoms with Crippen LogP contribution < -0.4 is 0 Å². The molecular formula is C16H27N3O4S. The van der Waals surface area contributed by atoms with Gasteiger partial charge >= 0.3 is 0 Å². The van der Waals surface area contributed by atoms with E-state index in [1.54, 1.807) is 18.7 Å². The van der Waals surface area contributed by atoms with Gasteiger partial charge in [-0.25, -0.2) is 8.42 Å². The zero-order valence-corrected chi connectivity index (χ0v) is 15.9. The Morgan fingerprint density at radius 2 is 1.83 bits per heavy atom. The molecule has 1 saturated heterocycles. The smallest absolute Gasteiger partial charge is 0.248 e. The highest BCUT2D eigenvalue weighted by atomic mass is 32.2. The fraction of sp³-hybridized carbons (Fsp3) is 0.750. The molecule has 2 heterocycles. The fourth-order valence-electron chi connectivity index (χ4n) is 2.92. The number of hydrogen-bond acceptors (Lipinski definition) is 5. The van der Waals surface area contributed by atoms with E-state index in [1.807, 2.05) is 20.8 Å². The fourth-order valence-corrected chi connectivity index (χ4v) is 4.68. The summed E-state index contributed by atoms with van der Waals surface area (Å²) in [6.07, 6.45) is 1.09. The molecule has 0 unspecified atom stereocenters. The summed E-state index contributed by atoms with van der Waals surface area (Å²) in [5.41, 5.74) is 0.295. The van der Waals surface area contributed by atoms with Crippen molar-refractivity contribution in [1.82, 2.24) is 14.4 Å². The van der Waals surface area contributed by atoms with Crippen LogP contribution in [0.1, 0.15) is 45.1 Å². The van der Waals surface area contributed by atoms with Gasteiger partial charge in [0, 0.05) is 32.6 Å². The lowest BCUT2D eigenvalue weighted by atomic mass is 9.91. The molecule has 7 nitrogen and oxygen atoms in total. The molecule has 0 aromatic carbocycles. The van der Waals surface area contributed by atoms with Crippen LogP contribution in [0.3, 0.4) is 0 Å². The lowest BCUT2D eigenvalue weighted by Crippen LogP contribution is -2.38. The third kappa shape index (κ3) is 4.16. The molecule has 1 aliphatic heterocycles. The number of amides is 1. The van der Waals surface area contributed by atoms with Gasteiger partial charge in [0.25, 0.3) is 0 Å². The van der Waals surface area contributed by atoms with Crippen LogP contribution in [0.5, 0.6) is 0 Å². The van der Waals surface area contributed by atoms with Crippen molar-refractivity contribution in [3.8, 4) is 0 Å². The van der Waals surface area contributed by atoms with Gasteiger partial charge in [0.2, 0.25) is 15.9 Å². The SMILES string of the molecule is Cc1noc(C)c1S(=O)(=O)N1CCCN(C(=O)CC(C)(C)C)CC1. The van der Waals surface area contributed by atoms with E-state index in [-0.39, 0.29) is 16.2 Å². The predicted molar refractivity (Wildman–Crippen MR) is 90.0 cm³/mol. The molecule has 0 aliphatic carbocycles. The van der Waals surface area contributed by atoms with Gasteiger partial charge in [-0.3, -0.25) is 4.79 Å². The first-order chi connectivity index (χ1) is 11.0. The molecule has 136 valence electrons. The average molecular weight is 357 g/mol. The van der Waals surface area contributed by atoms with Crippen molar-refractivity contribution in [3.05, 3.63) is 11.5 Å². The van der Waals surface area contributed by atoms with Crippen molar-refractivity contribution in [2.75, 3.05) is 26.2 Å². The molecule has 0 spiro atoms. The van der Waals surface area contributed by atoms with E-state index in [0.717, 1.165) is 0 Å². The van der Waals surface area contributed by atoms with Gasteiger partial charge in [0.15, 0.2) is 5.76 Å². The van der Waals surface area contributed by atoms with E-state index in [2.05, 4.69) is 5.16 Å². The lowest BCUT2D eigenvalue weighted by Gasteiger charge is -2.25. The Labute approximate surface area is 144 Å². The number of rotatable bonds is 3. The first kappa shape index (κ1) is 18.9. The van der Waals surface area contributed by atoms with Crippen LogP contribution in [0.4, 0.5) is 0 Å². The van der Waals surface area contributed by atoms with Crippen LogP contribution in [0.15, 0.2) is 9.42 Å². The number of carbonyl (C=O) groups is 1. The molecule has 8 heteroatoms. The molecule has 1 fully saturated rings. The molecule has 1 amide bonds. The largest absolute Gasteiger partial charge is 0.360 e. The minimum atomic E-state index is -3.65. The molecular weight excluding hydrogens is 330 g/mol. The summed E-state index contributed by atoms with van der Waals surface area (Å²) in [6, 6.07) is 0. The van der Waals surface area contributed by atoms with Crippen LogP contribution >= 0.6 is 0 Å². The zero-order chi connectivity index (χ0) is 18.1. The molecule has 0 N–H and O–H groups in total. The molecule has 1 aromatic heterocycles. The van der Waals surface area contributed by atoms with Crippen molar-refractivity contribution in [3.63, 3.8) is 0 Å². The Balaban J connectivity index is 2.12. The molecule has 0 bridgehead atoms. The maximum atomic E-state index is 12.9. The van der Waals surface area contributed by atoms with E-state index in [4.69, 9.17) is 4.52 Å². The van der Waals surface area contributed by atoms with Crippen molar-refractivity contribution in [1.29, 1.82) is 0 Å². The number of carbonyl (C=O) groups excluding carboxylic acids is 1. The topological polar surface area (TPSA) is 83.7 Å². The Bertz CT molecular complexity index is 684. The Hall–Kier alpha value is -1.41. The summed E-state index contributed by atoms with van der Waals surface area (Å²) in [4.78, 5) is 14.3. The number of hydrogen-bond donors (Lipinski definition) is 0. The first-order valence-corrected chi connectivity index (χ1v) is 9.67. The normalized spacial score (nSPS) is 17.8. The monoisotopic (exact) mass is 357 g/mol. The zero-order valence-electron chi connectivity index (χ0n) is 15.1. The van der Waals surface area contributed by atoms with Gasteiger partial charge in [-0.2, -0.15) is 4.31 Å². The number of aromatic nitrogens is 1. The highest BCUT2D eigenvalue weighted by Crippen LogP contribution is 2.25. The molecule has 0 radical (unpaired) electrons. The Kier molecular flexibility index (Phi) is 5.39. The van der Waals surface area contributed by atoms with Gasteiger partial charge in [0.1, 0.15) is 10.6 Å². The van der Waals surface area contributed by atoms with Crippen molar-refractivity contribution in [2.45, 2.75) is 52.4 Å². The number of sulfonamides is 1. The van der Waals surface area contributed by atoms with Gasteiger partial charge in [-0.05, 0) is 25.7 Å². The standard InChI is InChI=1S/C16H27N3O4S/c1-12-15(13(2)23-17-12)24(21,22)19-8-6-7-18(9-10-19)14(20)11-16(3,4)5/h6-11H2,1-5H3. The molecule has 1 aromatic rings. The molecule has 1 aliphatic rings. The summed E-state index contributed by atoms with van der Waals surface area (Å²) in [5.74, 6) is 0.386. The van der Waals surface area contributed by atoms with Gasteiger partial charge < -0.3 is 9.42 Å². The van der Waals surface area contributed by atoms with Crippen LogP contribution in [0.25, 0.3) is 0 Å². The first-order valence-electron chi connectivity index (χ1n) is 8.23. The maximum Gasteiger partial charge on any atom is 0.248 e. The molecule has 24 heavy (non-hydrogen) atoms. The van der Waals surface area contributed by atoms with E-state index in [9.17, 15) is 13.2 Å². The van der Waals surface area contributed by atoms with Crippen LogP contribution in [0.2, 0.25) is 0 Å². The minimum Gasteiger partial charge on any atom is -0.360 e. The summed E-state index contributed by atoms with van der Waals surface area (Å²) < 4.78 is 32.2. The maximum absolute atomic E-state index is 12.9. The van der Waals surface area contributed by atoms with Crippen LogP contribution in [0, 0.1) is 19.3 Å². The summed E-state index contributed by atoms with van der Waals surface area (Å²) in [7, 11) is -3.65. The highest BCUT2D eigenvalue weighted by molar-refractivity contribution is 7.89. The van der Waals surface area contributed by atoms with Gasteiger partial charge in [0.05, 0.1) is 0 Å². The summed E-state index contributed by atoms with van der Waals surface area (Å²) in [6.45, 7) is 11.0. The van der Waals surface area contributed by atoms with Gasteiger partial charge in [-0.1, -0.05) is 25.9 Å². The van der Waals surface area contributed by atoms with E-state index in [1.165, 1.54) is 4.31 Å². The predicted octanol–water partition coefficient (Wildman–Crippen LogP) is 1.95. The Morgan fingerprint density at radius 1 is 1.17 bits per heavy atom. The second kappa shape index (κ2) is 6.84. The minimum absolute atomic E-state index is 0.0775. The number of nitrogens with zero attached hydrogens (tertiary/aromatic N) is 3. The van der Waals surface area contributed by atoms with E-state index >= 15 is 0 Å². The van der Waals surface area contributed by atoms with Crippen LogP contribution in [-0.4, -0.2) is 54.9 Å². The van der Waals surface area contributed by atoms with E-state index < -0.39 is 10.0 Å². The summed E-state index contributed by atoms with van der Waals surface area (Å²) in [5, 5.41) is 3.74. The quantitative estimate of drug-likeness (QED) is 0.825. The summed E-state index contributed by atoms with van der Waals surface area (Å²) >= 11 is 0. The van der Waals surface area contributed by atoms with E-state index in [0.29, 0.717) is 50.5 Å². The average Bonchev–Trinajstić information content (AvgIpc) is 2.65. The third-order valence-electron chi connectivity index (χ3n) is 4.05. The van der Waals surface area contributed by atoms with Crippen molar-refractivity contribution in [2.24, 2.45) is 5.41 Å². The third-order valence-corrected chi connectivity index (χ3v) is 6.20. The van der Waals surface area contributed by atoms with Crippen molar-refractivity contribution < 1.29 is 17.7 Å². The number of aryl methyl sites for hydroxylation is 2. The molecule has 0 saturated carbocycles. The van der Waals surface area contributed by atoms with Crippen molar-refractivity contribution >= 4 is 15.9 Å². The highest BCUT2D eigenvalue weighted by Gasteiger charge is 2.33. The van der Waals surface area contributed by atoms with Crippen LogP contribution in [-0.2, 0) is 14.8 Å². The molecule has 0 atom stereocenters. The Morgan fingerprint density at radius 3 is 2.38 bits per heavy atom. The van der Waals surface area contributed by atoms with Gasteiger partial charge in [-0.15, -0.1) is 0 Å².